The Morgan fingerprint density at radius 2 is 2.35 bits per heavy atom. The van der Waals surface area contributed by atoms with E-state index in [9.17, 15) is 0 Å². The quantitative estimate of drug-likeness (QED) is 0.820. The Kier molecular flexibility index (Phi) is 5.44. The first-order valence-corrected chi connectivity index (χ1v) is 8.26. The first kappa shape index (κ1) is 15.8. The molecule has 4 nitrogen and oxygen atoms in total. The Balaban J connectivity index is 1.98. The molecule has 1 aliphatic carbocycles. The molecule has 2 atom stereocenters. The maximum absolute atomic E-state index is 6.26. The van der Waals surface area contributed by atoms with Gasteiger partial charge in [-0.15, -0.1) is 11.6 Å². The molecule has 1 fully saturated rings. The van der Waals surface area contributed by atoms with Gasteiger partial charge in [0.1, 0.15) is 12.2 Å². The molecular weight excluding hydrogens is 272 g/mol. The van der Waals surface area contributed by atoms with E-state index < -0.39 is 0 Å². The highest BCUT2D eigenvalue weighted by Gasteiger charge is 2.33. The molecule has 1 saturated carbocycles. The molecule has 1 heterocycles. The van der Waals surface area contributed by atoms with E-state index in [1.807, 2.05) is 4.68 Å². The zero-order valence-electron chi connectivity index (χ0n) is 12.9. The molecule has 1 aromatic heterocycles. The third-order valence-electron chi connectivity index (χ3n) is 4.20. The van der Waals surface area contributed by atoms with Gasteiger partial charge in [-0.25, -0.2) is 9.67 Å². The summed E-state index contributed by atoms with van der Waals surface area (Å²) in [6.45, 7) is 8.39. The SMILES string of the molecule is CC(C)Cn1ncnc1CNC1(CCl)CCCC(C)C1. The van der Waals surface area contributed by atoms with E-state index in [1.165, 1.54) is 19.3 Å². The van der Waals surface area contributed by atoms with E-state index >= 15 is 0 Å². The van der Waals surface area contributed by atoms with Crippen LogP contribution in [0.5, 0.6) is 0 Å². The van der Waals surface area contributed by atoms with Crippen molar-refractivity contribution < 1.29 is 0 Å². The van der Waals surface area contributed by atoms with Gasteiger partial charge in [0.2, 0.25) is 0 Å². The maximum atomic E-state index is 6.26. The molecule has 114 valence electrons. The van der Waals surface area contributed by atoms with Gasteiger partial charge in [0.05, 0.1) is 6.54 Å². The molecule has 0 saturated heterocycles. The van der Waals surface area contributed by atoms with Crippen LogP contribution in [0.15, 0.2) is 6.33 Å². The zero-order chi connectivity index (χ0) is 14.6. The number of halogens is 1. The number of aromatic nitrogens is 3. The second-order valence-electron chi connectivity index (χ2n) is 6.72. The van der Waals surface area contributed by atoms with Gasteiger partial charge >= 0.3 is 0 Å². The molecule has 1 aromatic rings. The van der Waals surface area contributed by atoms with Crippen LogP contribution in [0.3, 0.4) is 0 Å². The first-order chi connectivity index (χ1) is 9.54. The van der Waals surface area contributed by atoms with E-state index in [4.69, 9.17) is 11.6 Å². The van der Waals surface area contributed by atoms with Crippen LogP contribution in [0.4, 0.5) is 0 Å². The Morgan fingerprint density at radius 3 is 3.00 bits per heavy atom. The molecule has 1 N–H and O–H groups in total. The number of hydrogen-bond donors (Lipinski definition) is 1. The fraction of sp³-hybridized carbons (Fsp3) is 0.867. The average molecular weight is 299 g/mol. The Labute approximate surface area is 127 Å². The van der Waals surface area contributed by atoms with Crippen LogP contribution in [0.25, 0.3) is 0 Å². The highest BCUT2D eigenvalue weighted by molar-refractivity contribution is 6.18. The summed E-state index contributed by atoms with van der Waals surface area (Å²) in [6, 6.07) is 0. The van der Waals surface area contributed by atoms with Crippen LogP contribution in [0.2, 0.25) is 0 Å². The molecule has 2 unspecified atom stereocenters. The normalized spacial score (nSPS) is 27.1. The van der Waals surface area contributed by atoms with Gasteiger partial charge in [-0.2, -0.15) is 5.10 Å². The van der Waals surface area contributed by atoms with Crippen molar-refractivity contribution in [2.24, 2.45) is 11.8 Å². The lowest BCUT2D eigenvalue weighted by molar-refractivity contribution is 0.205. The third-order valence-corrected chi connectivity index (χ3v) is 4.71. The van der Waals surface area contributed by atoms with E-state index in [1.54, 1.807) is 6.33 Å². The zero-order valence-corrected chi connectivity index (χ0v) is 13.7. The van der Waals surface area contributed by atoms with Gasteiger partial charge in [0, 0.05) is 18.0 Å². The van der Waals surface area contributed by atoms with Crippen LogP contribution in [0.1, 0.15) is 52.3 Å². The predicted molar refractivity (Wildman–Crippen MR) is 82.8 cm³/mol. The van der Waals surface area contributed by atoms with Gasteiger partial charge in [0.15, 0.2) is 0 Å². The van der Waals surface area contributed by atoms with Crippen LogP contribution in [-0.4, -0.2) is 26.2 Å². The fourth-order valence-corrected chi connectivity index (χ4v) is 3.52. The largest absolute Gasteiger partial charge is 0.303 e. The van der Waals surface area contributed by atoms with Crippen LogP contribution < -0.4 is 5.32 Å². The van der Waals surface area contributed by atoms with Gasteiger partial charge < -0.3 is 5.32 Å². The van der Waals surface area contributed by atoms with Crippen molar-refractivity contribution >= 4 is 11.6 Å². The van der Waals surface area contributed by atoms with E-state index in [0.29, 0.717) is 11.8 Å². The number of hydrogen-bond acceptors (Lipinski definition) is 3. The van der Waals surface area contributed by atoms with Crippen molar-refractivity contribution in [1.29, 1.82) is 0 Å². The second kappa shape index (κ2) is 6.90. The summed E-state index contributed by atoms with van der Waals surface area (Å²) in [5, 5.41) is 7.99. The lowest BCUT2D eigenvalue weighted by Crippen LogP contribution is -2.50. The van der Waals surface area contributed by atoms with Gasteiger partial charge in [-0.3, -0.25) is 0 Å². The molecule has 1 aliphatic rings. The molecule has 0 aliphatic heterocycles. The molecule has 0 bridgehead atoms. The monoisotopic (exact) mass is 298 g/mol. The molecular formula is C15H27ClN4. The molecule has 5 heteroatoms. The first-order valence-electron chi connectivity index (χ1n) is 7.72. The van der Waals surface area contributed by atoms with Crippen LogP contribution >= 0.6 is 11.6 Å². The topological polar surface area (TPSA) is 42.7 Å². The van der Waals surface area contributed by atoms with Crippen molar-refractivity contribution in [2.75, 3.05) is 5.88 Å². The van der Waals surface area contributed by atoms with Crippen molar-refractivity contribution in [3.05, 3.63) is 12.2 Å². The summed E-state index contributed by atoms with van der Waals surface area (Å²) in [6.07, 6.45) is 6.56. The molecule has 0 radical (unpaired) electrons. The molecule has 20 heavy (non-hydrogen) atoms. The standard InChI is InChI=1S/C15H27ClN4/c1-12(2)9-20-14(17-11-19-20)8-18-15(10-16)6-4-5-13(3)7-15/h11-13,18H,4-10H2,1-3H3. The van der Waals surface area contributed by atoms with Crippen molar-refractivity contribution in [3.63, 3.8) is 0 Å². The number of rotatable bonds is 6. The van der Waals surface area contributed by atoms with Crippen molar-refractivity contribution in [1.82, 2.24) is 20.1 Å². The minimum atomic E-state index is 0.0772. The van der Waals surface area contributed by atoms with Crippen LogP contribution in [0, 0.1) is 11.8 Å². The lowest BCUT2D eigenvalue weighted by atomic mass is 9.77. The van der Waals surface area contributed by atoms with E-state index in [-0.39, 0.29) is 5.54 Å². The summed E-state index contributed by atoms with van der Waals surface area (Å²) in [5.74, 6) is 3.02. The maximum Gasteiger partial charge on any atom is 0.140 e. The van der Waals surface area contributed by atoms with Gasteiger partial charge in [-0.1, -0.05) is 33.6 Å². The molecule has 0 aromatic carbocycles. The predicted octanol–water partition coefficient (Wildman–Crippen LogP) is 3.21. The summed E-state index contributed by atoms with van der Waals surface area (Å²) in [4.78, 5) is 4.38. The molecule has 2 rings (SSSR count). The summed E-state index contributed by atoms with van der Waals surface area (Å²) in [5.41, 5.74) is 0.0772. The Morgan fingerprint density at radius 1 is 1.55 bits per heavy atom. The average Bonchev–Trinajstić information content (AvgIpc) is 2.83. The van der Waals surface area contributed by atoms with Gasteiger partial charge in [0.25, 0.3) is 0 Å². The third kappa shape index (κ3) is 3.95. The highest BCUT2D eigenvalue weighted by atomic mass is 35.5. The van der Waals surface area contributed by atoms with E-state index in [0.717, 1.165) is 31.3 Å². The minimum absolute atomic E-state index is 0.0772. The van der Waals surface area contributed by atoms with Crippen molar-refractivity contribution in [2.45, 2.75) is 65.1 Å². The van der Waals surface area contributed by atoms with Crippen molar-refractivity contribution in [3.8, 4) is 0 Å². The minimum Gasteiger partial charge on any atom is -0.303 e. The number of nitrogens with zero attached hydrogens (tertiary/aromatic N) is 3. The van der Waals surface area contributed by atoms with Crippen LogP contribution in [-0.2, 0) is 13.1 Å². The second-order valence-corrected chi connectivity index (χ2v) is 6.99. The van der Waals surface area contributed by atoms with E-state index in [2.05, 4.69) is 36.2 Å². The summed E-state index contributed by atoms with van der Waals surface area (Å²) >= 11 is 6.26. The molecule has 0 spiro atoms. The lowest BCUT2D eigenvalue weighted by Gasteiger charge is -2.39. The number of nitrogens with one attached hydrogen (secondary N) is 1. The summed E-state index contributed by atoms with van der Waals surface area (Å²) < 4.78 is 2.01. The summed E-state index contributed by atoms with van der Waals surface area (Å²) in [7, 11) is 0. The number of alkyl halides is 1. The molecule has 0 amide bonds. The Bertz CT molecular complexity index is 418. The smallest absolute Gasteiger partial charge is 0.140 e. The van der Waals surface area contributed by atoms with Gasteiger partial charge in [-0.05, 0) is 24.7 Å². The Hall–Kier alpha value is -0.610. The fourth-order valence-electron chi connectivity index (χ4n) is 3.18. The highest BCUT2D eigenvalue weighted by Crippen LogP contribution is 2.33.